The van der Waals surface area contributed by atoms with E-state index in [0.717, 1.165) is 23.0 Å². The Labute approximate surface area is 156 Å². The SMILES string of the molecule is COc1ccccc1NCN1C(=O)S/C(=C\C=C\c2ccccc2)C1=O. The topological polar surface area (TPSA) is 58.6 Å². The number of hydrogen-bond acceptors (Lipinski definition) is 5. The number of ether oxygens (including phenoxy) is 1. The molecule has 0 bridgehead atoms. The van der Waals surface area contributed by atoms with Gasteiger partial charge in [-0.1, -0.05) is 54.6 Å². The zero-order chi connectivity index (χ0) is 18.4. The Bertz CT molecular complexity index is 862. The average Bonchev–Trinajstić information content (AvgIpc) is 2.94. The highest BCUT2D eigenvalue weighted by atomic mass is 32.2. The van der Waals surface area contributed by atoms with Gasteiger partial charge < -0.3 is 10.1 Å². The first-order chi connectivity index (χ1) is 12.7. The number of nitrogens with zero attached hydrogens (tertiary/aromatic N) is 1. The van der Waals surface area contributed by atoms with Gasteiger partial charge in [0.05, 0.1) is 24.4 Å². The normalized spacial score (nSPS) is 15.9. The smallest absolute Gasteiger partial charge is 0.295 e. The Kier molecular flexibility index (Phi) is 5.76. The standard InChI is InChI=1S/C20H18N2O3S/c1-25-17-12-6-5-11-16(17)21-14-22-19(23)18(26-20(22)24)13-7-10-15-8-3-2-4-9-15/h2-13,21H,14H2,1H3/b10-7+,18-13-. The maximum atomic E-state index is 12.4. The number of methoxy groups -OCH3 is 1. The minimum absolute atomic E-state index is 0.0881. The van der Waals surface area contributed by atoms with E-state index >= 15 is 0 Å². The van der Waals surface area contributed by atoms with Crippen molar-refractivity contribution in [1.29, 1.82) is 0 Å². The van der Waals surface area contributed by atoms with Gasteiger partial charge in [-0.2, -0.15) is 0 Å². The van der Waals surface area contributed by atoms with Crippen molar-refractivity contribution in [3.63, 3.8) is 0 Å². The lowest BCUT2D eigenvalue weighted by Gasteiger charge is -2.16. The molecule has 1 aliphatic heterocycles. The Morgan fingerprint density at radius 1 is 1.08 bits per heavy atom. The summed E-state index contributed by atoms with van der Waals surface area (Å²) in [4.78, 5) is 26.2. The largest absolute Gasteiger partial charge is 0.495 e. The summed E-state index contributed by atoms with van der Waals surface area (Å²) < 4.78 is 5.25. The first kappa shape index (κ1) is 17.8. The van der Waals surface area contributed by atoms with Crippen molar-refractivity contribution in [2.75, 3.05) is 19.1 Å². The Morgan fingerprint density at radius 2 is 1.81 bits per heavy atom. The number of benzene rings is 2. The van der Waals surface area contributed by atoms with Crippen molar-refractivity contribution < 1.29 is 14.3 Å². The molecule has 1 aliphatic rings. The second-order valence-electron chi connectivity index (χ2n) is 5.44. The van der Waals surface area contributed by atoms with Crippen molar-refractivity contribution in [1.82, 2.24) is 4.90 Å². The lowest BCUT2D eigenvalue weighted by atomic mass is 10.2. The lowest BCUT2D eigenvalue weighted by Crippen LogP contribution is -2.33. The van der Waals surface area contributed by atoms with E-state index in [2.05, 4.69) is 5.32 Å². The van der Waals surface area contributed by atoms with Gasteiger partial charge in [-0.05, 0) is 35.5 Å². The maximum Gasteiger partial charge on any atom is 0.295 e. The van der Waals surface area contributed by atoms with Gasteiger partial charge in [0.2, 0.25) is 0 Å². The molecule has 0 unspecified atom stereocenters. The van der Waals surface area contributed by atoms with Crippen LogP contribution >= 0.6 is 11.8 Å². The molecular weight excluding hydrogens is 348 g/mol. The first-order valence-corrected chi connectivity index (χ1v) is 8.84. The van der Waals surface area contributed by atoms with Crippen molar-refractivity contribution in [2.24, 2.45) is 0 Å². The third kappa shape index (κ3) is 4.15. The van der Waals surface area contributed by atoms with E-state index in [-0.39, 0.29) is 17.8 Å². The number of para-hydroxylation sites is 2. The van der Waals surface area contributed by atoms with Gasteiger partial charge >= 0.3 is 0 Å². The van der Waals surface area contributed by atoms with Gasteiger partial charge in [-0.25, -0.2) is 0 Å². The number of carbonyl (C=O) groups excluding carboxylic acids is 2. The predicted molar refractivity (Wildman–Crippen MR) is 105 cm³/mol. The third-order valence-corrected chi connectivity index (χ3v) is 4.67. The molecular formula is C20H18N2O3S. The number of nitrogens with one attached hydrogen (secondary N) is 1. The summed E-state index contributed by atoms with van der Waals surface area (Å²) in [6.45, 7) is 0.0881. The Hall–Kier alpha value is -2.99. The van der Waals surface area contributed by atoms with Crippen molar-refractivity contribution >= 4 is 34.7 Å². The van der Waals surface area contributed by atoms with E-state index in [1.165, 1.54) is 4.90 Å². The molecule has 0 aromatic heterocycles. The van der Waals surface area contributed by atoms with Crippen LogP contribution in [-0.4, -0.2) is 29.8 Å². The van der Waals surface area contributed by atoms with Crippen LogP contribution in [-0.2, 0) is 4.79 Å². The zero-order valence-corrected chi connectivity index (χ0v) is 15.0. The minimum Gasteiger partial charge on any atom is -0.495 e. The quantitative estimate of drug-likeness (QED) is 0.770. The molecule has 3 rings (SSSR count). The van der Waals surface area contributed by atoms with Gasteiger partial charge in [0, 0.05) is 0 Å². The maximum absolute atomic E-state index is 12.4. The van der Waals surface area contributed by atoms with E-state index < -0.39 is 0 Å². The summed E-state index contributed by atoms with van der Waals surface area (Å²) >= 11 is 0.938. The molecule has 2 aromatic carbocycles. The van der Waals surface area contributed by atoms with Crippen LogP contribution in [0.15, 0.2) is 71.7 Å². The van der Waals surface area contributed by atoms with Gasteiger partial charge in [0.25, 0.3) is 11.1 Å². The fraction of sp³-hybridized carbons (Fsp3) is 0.100. The summed E-state index contributed by atoms with van der Waals surface area (Å²) in [6, 6.07) is 17.1. The van der Waals surface area contributed by atoms with E-state index in [1.807, 2.05) is 60.7 Å². The molecule has 0 saturated carbocycles. The predicted octanol–water partition coefficient (Wildman–Crippen LogP) is 4.36. The van der Waals surface area contributed by atoms with E-state index in [4.69, 9.17) is 4.74 Å². The second-order valence-corrected chi connectivity index (χ2v) is 6.43. The molecule has 1 heterocycles. The zero-order valence-electron chi connectivity index (χ0n) is 14.2. The van der Waals surface area contributed by atoms with Crippen molar-refractivity contribution in [2.45, 2.75) is 0 Å². The molecule has 132 valence electrons. The molecule has 0 atom stereocenters. The molecule has 1 fully saturated rings. The average molecular weight is 366 g/mol. The van der Waals surface area contributed by atoms with E-state index in [9.17, 15) is 9.59 Å². The fourth-order valence-corrected chi connectivity index (χ4v) is 3.21. The van der Waals surface area contributed by atoms with Gasteiger partial charge in [-0.3, -0.25) is 14.5 Å². The van der Waals surface area contributed by atoms with Gasteiger partial charge in [-0.15, -0.1) is 0 Å². The van der Waals surface area contributed by atoms with Crippen LogP contribution in [0.1, 0.15) is 5.56 Å². The second kappa shape index (κ2) is 8.40. The van der Waals surface area contributed by atoms with Crippen LogP contribution in [0.25, 0.3) is 6.08 Å². The van der Waals surface area contributed by atoms with Crippen LogP contribution in [0.2, 0.25) is 0 Å². The molecule has 1 saturated heterocycles. The number of carbonyl (C=O) groups is 2. The molecule has 2 aromatic rings. The molecule has 0 aliphatic carbocycles. The molecule has 0 radical (unpaired) electrons. The molecule has 5 nitrogen and oxygen atoms in total. The number of hydrogen-bond donors (Lipinski definition) is 1. The Morgan fingerprint density at radius 3 is 2.58 bits per heavy atom. The van der Waals surface area contributed by atoms with Crippen LogP contribution in [0, 0.1) is 0 Å². The number of imide groups is 1. The number of rotatable bonds is 6. The fourth-order valence-electron chi connectivity index (χ4n) is 2.42. The van der Waals surface area contributed by atoms with Crippen molar-refractivity contribution in [3.8, 4) is 5.75 Å². The van der Waals surface area contributed by atoms with E-state index in [0.29, 0.717) is 10.7 Å². The first-order valence-electron chi connectivity index (χ1n) is 8.03. The summed E-state index contributed by atoms with van der Waals surface area (Å²) in [5, 5.41) is 2.78. The van der Waals surface area contributed by atoms with Crippen LogP contribution in [0.3, 0.4) is 0 Å². The van der Waals surface area contributed by atoms with Crippen molar-refractivity contribution in [3.05, 3.63) is 77.2 Å². The third-order valence-electron chi connectivity index (χ3n) is 3.74. The van der Waals surface area contributed by atoms with E-state index in [1.54, 1.807) is 19.3 Å². The van der Waals surface area contributed by atoms with Crippen LogP contribution in [0.4, 0.5) is 10.5 Å². The molecule has 6 heteroatoms. The molecule has 0 spiro atoms. The Balaban J connectivity index is 1.65. The highest BCUT2D eigenvalue weighted by molar-refractivity contribution is 8.18. The monoisotopic (exact) mass is 366 g/mol. The summed E-state index contributed by atoms with van der Waals surface area (Å²) in [7, 11) is 1.57. The lowest BCUT2D eigenvalue weighted by molar-refractivity contribution is -0.122. The van der Waals surface area contributed by atoms with Crippen LogP contribution < -0.4 is 10.1 Å². The number of allylic oxidation sites excluding steroid dienone is 2. The summed E-state index contributed by atoms with van der Waals surface area (Å²) in [5.41, 5.74) is 1.75. The molecule has 1 N–H and O–H groups in total. The van der Waals surface area contributed by atoms with Crippen LogP contribution in [0.5, 0.6) is 5.75 Å². The van der Waals surface area contributed by atoms with Gasteiger partial charge in [0.15, 0.2) is 0 Å². The number of amides is 2. The minimum atomic E-state index is -0.305. The summed E-state index contributed by atoms with van der Waals surface area (Å²) in [5.74, 6) is 0.348. The molecule has 26 heavy (non-hydrogen) atoms. The highest BCUT2D eigenvalue weighted by Gasteiger charge is 2.34. The number of anilines is 1. The number of thioether (sulfide) groups is 1. The van der Waals surface area contributed by atoms with Gasteiger partial charge in [0.1, 0.15) is 5.75 Å². The highest BCUT2D eigenvalue weighted by Crippen LogP contribution is 2.31. The molecule has 2 amide bonds. The summed E-state index contributed by atoms with van der Waals surface area (Å²) in [6.07, 6.45) is 5.34.